The molecule has 0 aliphatic rings. The molecule has 0 radical (unpaired) electrons. The zero-order valence-electron chi connectivity index (χ0n) is 11.0. The summed E-state index contributed by atoms with van der Waals surface area (Å²) >= 11 is 0. The van der Waals surface area contributed by atoms with Crippen LogP contribution in [0.1, 0.15) is 16.2 Å². The molecular weight excluding hydrogens is 266 g/mol. The van der Waals surface area contributed by atoms with Gasteiger partial charge in [-0.25, -0.2) is 14.5 Å². The van der Waals surface area contributed by atoms with Crippen LogP contribution in [0.5, 0.6) is 6.01 Å². The molecule has 0 aliphatic carbocycles. The van der Waals surface area contributed by atoms with Crippen LogP contribution in [-0.4, -0.2) is 42.7 Å². The van der Waals surface area contributed by atoms with Crippen molar-refractivity contribution in [2.45, 2.75) is 20.0 Å². The lowest BCUT2D eigenvalue weighted by molar-refractivity contribution is 0.0690. The van der Waals surface area contributed by atoms with Gasteiger partial charge in [0.05, 0.1) is 26.4 Å². The van der Waals surface area contributed by atoms with E-state index in [0.717, 1.165) is 0 Å². The fourth-order valence-electron chi connectivity index (χ4n) is 1.66. The van der Waals surface area contributed by atoms with Gasteiger partial charge in [-0.15, -0.1) is 5.10 Å². The standard InChI is InChI=1S/C11H13N5O4/c1-7-5-9(17)16(11(12-7)20-2)4-3-15-6-8(10(18)19)13-14-15/h5-6H,3-4H2,1-2H3,(H,18,19). The van der Waals surface area contributed by atoms with E-state index in [2.05, 4.69) is 15.3 Å². The van der Waals surface area contributed by atoms with Crippen molar-refractivity contribution in [1.29, 1.82) is 0 Å². The summed E-state index contributed by atoms with van der Waals surface area (Å²) in [7, 11) is 1.43. The highest BCUT2D eigenvalue weighted by atomic mass is 16.5. The number of aromatic nitrogens is 5. The maximum atomic E-state index is 11.9. The molecule has 0 bridgehead atoms. The van der Waals surface area contributed by atoms with E-state index in [1.54, 1.807) is 6.92 Å². The Morgan fingerprint density at radius 3 is 2.80 bits per heavy atom. The number of ether oxygens (including phenoxy) is 1. The number of hydrogen-bond acceptors (Lipinski definition) is 6. The van der Waals surface area contributed by atoms with Gasteiger partial charge in [-0.3, -0.25) is 9.36 Å². The minimum atomic E-state index is -1.15. The van der Waals surface area contributed by atoms with Crippen LogP contribution < -0.4 is 10.3 Å². The lowest BCUT2D eigenvalue weighted by Crippen LogP contribution is -2.25. The van der Waals surface area contributed by atoms with Gasteiger partial charge in [-0.1, -0.05) is 5.21 Å². The Labute approximate surface area is 113 Å². The Kier molecular flexibility index (Phi) is 3.78. The summed E-state index contributed by atoms with van der Waals surface area (Å²) in [5.41, 5.74) is 0.177. The minimum absolute atomic E-state index is 0.147. The molecule has 2 heterocycles. The Hall–Kier alpha value is -2.71. The SMILES string of the molecule is COc1nc(C)cc(=O)n1CCn1cc(C(=O)O)nn1. The summed E-state index contributed by atoms with van der Waals surface area (Å²) in [5.74, 6) is -1.15. The highest BCUT2D eigenvalue weighted by molar-refractivity contribution is 5.84. The van der Waals surface area contributed by atoms with Crippen molar-refractivity contribution in [3.05, 3.63) is 34.0 Å². The van der Waals surface area contributed by atoms with E-state index in [9.17, 15) is 9.59 Å². The van der Waals surface area contributed by atoms with Gasteiger partial charge in [0.25, 0.3) is 11.6 Å². The number of methoxy groups -OCH3 is 1. The molecule has 0 unspecified atom stereocenters. The topological polar surface area (TPSA) is 112 Å². The molecule has 2 rings (SSSR count). The smallest absolute Gasteiger partial charge is 0.358 e. The quantitative estimate of drug-likeness (QED) is 0.788. The van der Waals surface area contributed by atoms with Crippen LogP contribution in [0.2, 0.25) is 0 Å². The largest absolute Gasteiger partial charge is 0.476 e. The van der Waals surface area contributed by atoms with Crippen molar-refractivity contribution in [2.24, 2.45) is 0 Å². The van der Waals surface area contributed by atoms with Crippen molar-refractivity contribution >= 4 is 5.97 Å². The second-order valence-electron chi connectivity index (χ2n) is 4.05. The second kappa shape index (κ2) is 5.51. The van der Waals surface area contributed by atoms with E-state index in [1.807, 2.05) is 0 Å². The summed E-state index contributed by atoms with van der Waals surface area (Å²) in [5, 5.41) is 15.9. The van der Waals surface area contributed by atoms with Crippen LogP contribution >= 0.6 is 0 Å². The average molecular weight is 279 g/mol. The fourth-order valence-corrected chi connectivity index (χ4v) is 1.66. The number of carboxylic acids is 1. The molecule has 0 atom stereocenters. The van der Waals surface area contributed by atoms with Crippen molar-refractivity contribution in [2.75, 3.05) is 7.11 Å². The number of hydrogen-bond donors (Lipinski definition) is 1. The van der Waals surface area contributed by atoms with Crippen LogP contribution in [0.25, 0.3) is 0 Å². The maximum Gasteiger partial charge on any atom is 0.358 e. The van der Waals surface area contributed by atoms with Gasteiger partial charge >= 0.3 is 5.97 Å². The number of aryl methyl sites for hydroxylation is 2. The third-order valence-electron chi connectivity index (χ3n) is 2.59. The first-order valence-electron chi connectivity index (χ1n) is 5.77. The molecule has 9 heteroatoms. The van der Waals surface area contributed by atoms with Crippen LogP contribution in [0.4, 0.5) is 0 Å². The summed E-state index contributed by atoms with van der Waals surface area (Å²) in [6, 6.07) is 1.60. The van der Waals surface area contributed by atoms with E-state index in [-0.39, 0.29) is 30.4 Å². The van der Waals surface area contributed by atoms with Crippen molar-refractivity contribution in [3.63, 3.8) is 0 Å². The fraction of sp³-hybridized carbons (Fsp3) is 0.364. The molecule has 2 aromatic heterocycles. The van der Waals surface area contributed by atoms with Crippen molar-refractivity contribution < 1.29 is 14.6 Å². The molecule has 106 valence electrons. The summed E-state index contributed by atoms with van der Waals surface area (Å²) in [6.45, 7) is 2.23. The molecule has 2 aromatic rings. The van der Waals surface area contributed by atoms with E-state index >= 15 is 0 Å². The summed E-state index contributed by atoms with van der Waals surface area (Å²) in [4.78, 5) is 26.6. The van der Waals surface area contributed by atoms with E-state index in [0.29, 0.717) is 5.69 Å². The van der Waals surface area contributed by atoms with Crippen molar-refractivity contribution in [1.82, 2.24) is 24.5 Å². The lowest BCUT2D eigenvalue weighted by atomic mass is 10.4. The second-order valence-corrected chi connectivity index (χ2v) is 4.05. The highest BCUT2D eigenvalue weighted by Crippen LogP contribution is 2.04. The van der Waals surface area contributed by atoms with E-state index < -0.39 is 5.97 Å². The first-order chi connectivity index (χ1) is 9.51. The maximum absolute atomic E-state index is 11.9. The molecule has 0 spiro atoms. The Morgan fingerprint density at radius 2 is 2.20 bits per heavy atom. The molecule has 0 aromatic carbocycles. The molecule has 1 N–H and O–H groups in total. The zero-order valence-corrected chi connectivity index (χ0v) is 11.0. The van der Waals surface area contributed by atoms with Gasteiger partial charge in [-0.05, 0) is 6.92 Å². The molecule has 9 nitrogen and oxygen atoms in total. The van der Waals surface area contributed by atoms with Crippen LogP contribution in [-0.2, 0) is 13.1 Å². The first-order valence-corrected chi connectivity index (χ1v) is 5.77. The predicted octanol–water partition coefficient (Wildman–Crippen LogP) is -0.450. The number of carbonyl (C=O) groups is 1. The van der Waals surface area contributed by atoms with Gasteiger partial charge in [0.2, 0.25) is 0 Å². The summed E-state index contributed by atoms with van der Waals surface area (Å²) < 4.78 is 7.74. The number of carboxylic acid groups (broad SMARTS) is 1. The molecule has 0 amide bonds. The molecule has 0 fully saturated rings. The van der Waals surface area contributed by atoms with Gasteiger partial charge in [0.15, 0.2) is 5.69 Å². The van der Waals surface area contributed by atoms with Gasteiger partial charge in [0.1, 0.15) is 0 Å². The van der Waals surface area contributed by atoms with Gasteiger partial charge < -0.3 is 9.84 Å². The normalized spacial score (nSPS) is 10.5. The molecule has 0 saturated heterocycles. The van der Waals surface area contributed by atoms with E-state index in [4.69, 9.17) is 9.84 Å². The van der Waals surface area contributed by atoms with Crippen LogP contribution in [0.15, 0.2) is 17.1 Å². The monoisotopic (exact) mass is 279 g/mol. The third-order valence-corrected chi connectivity index (χ3v) is 2.59. The average Bonchev–Trinajstić information content (AvgIpc) is 2.85. The zero-order chi connectivity index (χ0) is 14.7. The lowest BCUT2D eigenvalue weighted by Gasteiger charge is -2.10. The van der Waals surface area contributed by atoms with Crippen LogP contribution in [0, 0.1) is 6.92 Å². The Bertz CT molecular complexity index is 690. The van der Waals surface area contributed by atoms with Gasteiger partial charge in [-0.2, -0.15) is 0 Å². The third kappa shape index (κ3) is 2.82. The molecule has 0 aliphatic heterocycles. The van der Waals surface area contributed by atoms with Crippen LogP contribution in [0.3, 0.4) is 0 Å². The number of aromatic carboxylic acids is 1. The minimum Gasteiger partial charge on any atom is -0.476 e. The highest BCUT2D eigenvalue weighted by Gasteiger charge is 2.10. The molecular formula is C11H13N5O4. The molecule has 0 saturated carbocycles. The van der Waals surface area contributed by atoms with Gasteiger partial charge in [0, 0.05) is 11.8 Å². The first kappa shape index (κ1) is 13.7. The Balaban J connectivity index is 2.18. The molecule has 20 heavy (non-hydrogen) atoms. The van der Waals surface area contributed by atoms with Crippen molar-refractivity contribution in [3.8, 4) is 6.01 Å². The summed E-state index contributed by atoms with van der Waals surface area (Å²) in [6.07, 6.45) is 1.29. The Morgan fingerprint density at radius 1 is 1.45 bits per heavy atom. The number of nitrogens with zero attached hydrogens (tertiary/aromatic N) is 5. The number of rotatable bonds is 5. The predicted molar refractivity (Wildman–Crippen MR) is 66.8 cm³/mol. The van der Waals surface area contributed by atoms with E-state index in [1.165, 1.54) is 28.6 Å².